The van der Waals surface area contributed by atoms with E-state index in [1.54, 1.807) is 0 Å². The first-order chi connectivity index (χ1) is 10.7. The summed E-state index contributed by atoms with van der Waals surface area (Å²) in [6.07, 6.45) is 5.38. The quantitative estimate of drug-likeness (QED) is 0.675. The van der Waals surface area contributed by atoms with Gasteiger partial charge in [-0.3, -0.25) is 4.79 Å². The van der Waals surface area contributed by atoms with Gasteiger partial charge in [-0.25, -0.2) is 0 Å². The normalized spacial score (nSPS) is 34.1. The Morgan fingerprint density at radius 2 is 1.86 bits per heavy atom. The van der Waals surface area contributed by atoms with Crippen LogP contribution in [0.5, 0.6) is 0 Å². The molecule has 3 unspecified atom stereocenters. The minimum atomic E-state index is -0.563. The molecular weight excluding hydrogens is 284 g/mol. The smallest absolute Gasteiger partial charge is 0.223 e. The number of carbonyl (C=O) groups is 1. The molecule has 1 amide bonds. The van der Waals surface area contributed by atoms with Gasteiger partial charge in [0.15, 0.2) is 0 Å². The van der Waals surface area contributed by atoms with Gasteiger partial charge in [0.2, 0.25) is 5.91 Å². The van der Waals surface area contributed by atoms with E-state index in [2.05, 4.69) is 10.6 Å². The highest BCUT2D eigenvalue weighted by Crippen LogP contribution is 2.25. The maximum absolute atomic E-state index is 12.0. The Bertz CT molecular complexity index is 367. The number of amides is 1. The Morgan fingerprint density at radius 3 is 2.59 bits per heavy atom. The zero-order valence-electron chi connectivity index (χ0n) is 13.1. The van der Waals surface area contributed by atoms with Gasteiger partial charge in [-0.05, 0) is 25.7 Å². The zero-order valence-corrected chi connectivity index (χ0v) is 13.1. The molecule has 1 saturated carbocycles. The first-order valence-electron chi connectivity index (χ1n) is 8.65. The number of ether oxygens (including phenoxy) is 2. The van der Waals surface area contributed by atoms with Gasteiger partial charge in [0.05, 0.1) is 18.8 Å². The van der Waals surface area contributed by atoms with Crippen molar-refractivity contribution in [3.8, 4) is 0 Å². The first-order valence-corrected chi connectivity index (χ1v) is 8.65. The summed E-state index contributed by atoms with van der Waals surface area (Å²) >= 11 is 0. The molecule has 3 atom stereocenters. The highest BCUT2D eigenvalue weighted by Gasteiger charge is 2.37. The SMILES string of the molecule is O=C(NCC1OCC(NC2CCOCC2)C1O)C1CCCC1. The Balaban J connectivity index is 1.40. The fraction of sp³-hybridized carbons (Fsp3) is 0.938. The molecule has 0 radical (unpaired) electrons. The third-order valence-electron chi connectivity index (χ3n) is 5.16. The molecule has 6 nitrogen and oxygen atoms in total. The van der Waals surface area contributed by atoms with Crippen LogP contribution in [0.3, 0.4) is 0 Å². The fourth-order valence-corrected chi connectivity index (χ4v) is 3.71. The molecule has 0 aromatic heterocycles. The van der Waals surface area contributed by atoms with E-state index < -0.39 is 6.10 Å². The Labute approximate surface area is 131 Å². The van der Waals surface area contributed by atoms with E-state index in [0.717, 1.165) is 51.7 Å². The van der Waals surface area contributed by atoms with Crippen molar-refractivity contribution in [1.29, 1.82) is 0 Å². The van der Waals surface area contributed by atoms with Gasteiger partial charge in [-0.2, -0.15) is 0 Å². The number of hydrogen-bond donors (Lipinski definition) is 3. The van der Waals surface area contributed by atoms with Crippen LogP contribution in [0.25, 0.3) is 0 Å². The third kappa shape index (κ3) is 3.98. The van der Waals surface area contributed by atoms with E-state index >= 15 is 0 Å². The number of rotatable bonds is 5. The Morgan fingerprint density at radius 1 is 1.14 bits per heavy atom. The van der Waals surface area contributed by atoms with Gasteiger partial charge < -0.3 is 25.2 Å². The summed E-state index contributed by atoms with van der Waals surface area (Å²) in [5.41, 5.74) is 0. The second-order valence-corrected chi connectivity index (χ2v) is 6.75. The molecule has 3 aliphatic rings. The monoisotopic (exact) mass is 312 g/mol. The largest absolute Gasteiger partial charge is 0.389 e. The van der Waals surface area contributed by atoms with Gasteiger partial charge in [0, 0.05) is 31.7 Å². The summed E-state index contributed by atoms with van der Waals surface area (Å²) in [4.78, 5) is 12.0. The van der Waals surface area contributed by atoms with Crippen LogP contribution in [0.2, 0.25) is 0 Å². The maximum Gasteiger partial charge on any atom is 0.223 e. The lowest BCUT2D eigenvalue weighted by atomic mass is 10.0. The van der Waals surface area contributed by atoms with Crippen molar-refractivity contribution in [2.45, 2.75) is 62.8 Å². The van der Waals surface area contributed by atoms with Crippen LogP contribution in [-0.4, -0.2) is 61.7 Å². The number of aliphatic hydroxyl groups is 1. The van der Waals surface area contributed by atoms with Crippen LogP contribution in [0, 0.1) is 5.92 Å². The second kappa shape index (κ2) is 7.73. The molecule has 3 fully saturated rings. The maximum atomic E-state index is 12.0. The molecule has 1 aliphatic carbocycles. The topological polar surface area (TPSA) is 79.8 Å². The zero-order chi connectivity index (χ0) is 15.4. The lowest BCUT2D eigenvalue weighted by molar-refractivity contribution is -0.125. The molecular formula is C16H28N2O4. The van der Waals surface area contributed by atoms with Crippen molar-refractivity contribution in [3.63, 3.8) is 0 Å². The molecule has 0 aromatic rings. The van der Waals surface area contributed by atoms with E-state index in [0.29, 0.717) is 19.2 Å². The summed E-state index contributed by atoms with van der Waals surface area (Å²) in [6, 6.07) is 0.348. The second-order valence-electron chi connectivity index (χ2n) is 6.75. The number of hydrogen-bond acceptors (Lipinski definition) is 5. The Hall–Kier alpha value is -0.690. The van der Waals surface area contributed by atoms with E-state index in [4.69, 9.17) is 9.47 Å². The molecule has 2 aliphatic heterocycles. The van der Waals surface area contributed by atoms with E-state index in [9.17, 15) is 9.90 Å². The van der Waals surface area contributed by atoms with Crippen molar-refractivity contribution >= 4 is 5.91 Å². The highest BCUT2D eigenvalue weighted by molar-refractivity contribution is 5.78. The molecule has 0 spiro atoms. The molecule has 22 heavy (non-hydrogen) atoms. The summed E-state index contributed by atoms with van der Waals surface area (Å²) in [7, 11) is 0. The molecule has 3 rings (SSSR count). The van der Waals surface area contributed by atoms with Crippen molar-refractivity contribution in [2.75, 3.05) is 26.4 Å². The summed E-state index contributed by atoms with van der Waals surface area (Å²) in [5, 5.41) is 16.8. The van der Waals surface area contributed by atoms with Crippen molar-refractivity contribution in [3.05, 3.63) is 0 Å². The predicted molar refractivity (Wildman–Crippen MR) is 81.5 cm³/mol. The minimum absolute atomic E-state index is 0.0449. The molecule has 0 aromatic carbocycles. The third-order valence-corrected chi connectivity index (χ3v) is 5.16. The standard InChI is InChI=1S/C16H28N2O4/c19-15-13(18-12-5-7-21-8-6-12)10-22-14(15)9-17-16(20)11-3-1-2-4-11/h11-15,18-19H,1-10H2,(H,17,20). The highest BCUT2D eigenvalue weighted by atomic mass is 16.5. The van der Waals surface area contributed by atoms with Crippen LogP contribution >= 0.6 is 0 Å². The number of nitrogens with one attached hydrogen (secondary N) is 2. The van der Waals surface area contributed by atoms with Gasteiger partial charge in [-0.15, -0.1) is 0 Å². The predicted octanol–water partition coefficient (Wildman–Crippen LogP) is 0.190. The number of aliphatic hydroxyl groups excluding tert-OH is 1. The van der Waals surface area contributed by atoms with Gasteiger partial charge in [-0.1, -0.05) is 12.8 Å². The van der Waals surface area contributed by atoms with Crippen LogP contribution in [-0.2, 0) is 14.3 Å². The summed E-state index contributed by atoms with van der Waals surface area (Å²) in [5.74, 6) is 0.281. The molecule has 2 saturated heterocycles. The average Bonchev–Trinajstić information content (AvgIpc) is 3.18. The van der Waals surface area contributed by atoms with Gasteiger partial charge >= 0.3 is 0 Å². The first kappa shape index (κ1) is 16.2. The van der Waals surface area contributed by atoms with E-state index in [1.165, 1.54) is 0 Å². The van der Waals surface area contributed by atoms with E-state index in [-0.39, 0.29) is 24.0 Å². The van der Waals surface area contributed by atoms with E-state index in [1.807, 2.05) is 0 Å². The molecule has 3 N–H and O–H groups in total. The van der Waals surface area contributed by atoms with Crippen LogP contribution in [0.15, 0.2) is 0 Å². The van der Waals surface area contributed by atoms with Crippen molar-refractivity contribution in [1.82, 2.24) is 10.6 Å². The minimum Gasteiger partial charge on any atom is -0.389 e. The van der Waals surface area contributed by atoms with Crippen LogP contribution < -0.4 is 10.6 Å². The fourth-order valence-electron chi connectivity index (χ4n) is 3.71. The molecule has 6 heteroatoms. The summed E-state index contributed by atoms with van der Waals surface area (Å²) < 4.78 is 11.0. The molecule has 0 bridgehead atoms. The van der Waals surface area contributed by atoms with Crippen molar-refractivity contribution < 1.29 is 19.4 Å². The van der Waals surface area contributed by atoms with Crippen LogP contribution in [0.1, 0.15) is 38.5 Å². The Kier molecular flexibility index (Phi) is 5.68. The summed E-state index contributed by atoms with van der Waals surface area (Å²) in [6.45, 7) is 2.47. The van der Waals surface area contributed by atoms with Crippen LogP contribution in [0.4, 0.5) is 0 Å². The van der Waals surface area contributed by atoms with Crippen molar-refractivity contribution in [2.24, 2.45) is 5.92 Å². The number of carbonyl (C=O) groups excluding carboxylic acids is 1. The molecule has 2 heterocycles. The van der Waals surface area contributed by atoms with Gasteiger partial charge in [0.1, 0.15) is 6.10 Å². The lowest BCUT2D eigenvalue weighted by Crippen LogP contribution is -2.49. The van der Waals surface area contributed by atoms with Gasteiger partial charge in [0.25, 0.3) is 0 Å². The average molecular weight is 312 g/mol. The lowest BCUT2D eigenvalue weighted by Gasteiger charge is -2.28. The molecule has 126 valence electrons.